The summed E-state index contributed by atoms with van der Waals surface area (Å²) in [6, 6.07) is 56.0. The van der Waals surface area contributed by atoms with Crippen molar-refractivity contribution in [1.82, 2.24) is 0 Å². The molecular weight excluding hydrogens is 805 g/mol. The molecule has 6 nitrogen and oxygen atoms in total. The number of nitrogen functional groups attached to an aromatic ring is 2. The highest BCUT2D eigenvalue weighted by Crippen LogP contribution is 2.48. The van der Waals surface area contributed by atoms with Crippen LogP contribution in [0.25, 0.3) is 0 Å². The van der Waals surface area contributed by atoms with Gasteiger partial charge in [0.25, 0.3) is 0 Å². The topological polar surface area (TPSA) is 101 Å². The van der Waals surface area contributed by atoms with Crippen LogP contribution < -0.4 is 11.5 Å². The minimum absolute atomic E-state index is 0.286. The van der Waals surface area contributed by atoms with Crippen LogP contribution in [-0.4, -0.2) is 24.9 Å². The second kappa shape index (κ2) is 22.2. The monoisotopic (exact) mass is 871 g/mol. The number of benzene rings is 6. The largest absolute Gasteiger partial charge is 0.399 e. The molecule has 0 radical (unpaired) electrons. The summed E-state index contributed by atoms with van der Waals surface area (Å²) in [6.07, 6.45) is 22.6. The van der Waals surface area contributed by atoms with Gasteiger partial charge in [0.1, 0.15) is 0 Å². The van der Waals surface area contributed by atoms with E-state index in [-0.39, 0.29) is 5.92 Å². The highest BCUT2D eigenvalue weighted by atomic mass is 14.7. The van der Waals surface area contributed by atoms with Crippen LogP contribution in [0.5, 0.6) is 0 Å². The molecule has 3 aliphatic carbocycles. The van der Waals surface area contributed by atoms with Crippen LogP contribution in [0.1, 0.15) is 111 Å². The third kappa shape index (κ3) is 12.1. The molecule has 9 rings (SSSR count). The first-order valence-electron chi connectivity index (χ1n) is 24.7. The number of nitrogens with two attached hydrogens (primary N) is 2. The number of para-hydroxylation sites is 2. The van der Waals surface area contributed by atoms with E-state index in [1.807, 2.05) is 60.7 Å². The maximum absolute atomic E-state index is 6.17. The van der Waals surface area contributed by atoms with Gasteiger partial charge < -0.3 is 11.5 Å². The van der Waals surface area contributed by atoms with E-state index in [9.17, 15) is 0 Å². The molecule has 0 saturated heterocycles. The summed E-state index contributed by atoms with van der Waals surface area (Å²) in [4.78, 5) is 19.5. The van der Waals surface area contributed by atoms with E-state index >= 15 is 0 Å². The standard InChI is InChI=1S/C60H66N6/c61-53-31-23-49(24-32-53)59(50-25-33-54(62)34-26-50)47-19-21-48(22-20-47)60(51-27-35-57(36-28-51)65-41-45-15-11-43(12-16-45)39-63-55-7-3-1-4-8-55)52-29-37-58(38-30-52)66-42-46-17-13-44(14-18-46)40-64-56-9-5-2-6-10-56/h1-10,23-48,59-60H,11-22,61-62H2. The fourth-order valence-electron chi connectivity index (χ4n) is 10.9. The molecule has 0 amide bonds. The first-order chi connectivity index (χ1) is 32.5. The molecule has 336 valence electrons. The first-order valence-corrected chi connectivity index (χ1v) is 24.7. The Hall–Kier alpha value is -6.40. The third-order valence-electron chi connectivity index (χ3n) is 14.7. The number of hydrogen-bond acceptors (Lipinski definition) is 6. The molecule has 0 unspecified atom stereocenters. The molecule has 3 saturated carbocycles. The molecular formula is C60H66N6. The molecule has 3 aliphatic rings. The van der Waals surface area contributed by atoms with E-state index in [0.29, 0.717) is 41.4 Å². The normalized spacial score (nSPS) is 23.3. The molecule has 0 atom stereocenters. The summed E-state index contributed by atoms with van der Waals surface area (Å²) >= 11 is 0. The van der Waals surface area contributed by atoms with Gasteiger partial charge in [0.05, 0.1) is 22.7 Å². The van der Waals surface area contributed by atoms with Crippen molar-refractivity contribution in [1.29, 1.82) is 0 Å². The van der Waals surface area contributed by atoms with Crippen molar-refractivity contribution in [2.24, 2.45) is 55.5 Å². The predicted octanol–water partition coefficient (Wildman–Crippen LogP) is 15.4. The Morgan fingerprint density at radius 1 is 0.303 bits per heavy atom. The molecule has 6 aromatic rings. The lowest BCUT2D eigenvalue weighted by Gasteiger charge is -2.38. The number of aliphatic imine (C=N–C) groups is 4. The van der Waals surface area contributed by atoms with Gasteiger partial charge in [-0.1, -0.05) is 84.9 Å². The van der Waals surface area contributed by atoms with Gasteiger partial charge in [-0.15, -0.1) is 0 Å². The summed E-state index contributed by atoms with van der Waals surface area (Å²) < 4.78 is 0. The van der Waals surface area contributed by atoms with E-state index in [1.54, 1.807) is 0 Å². The van der Waals surface area contributed by atoms with Crippen molar-refractivity contribution in [2.45, 2.75) is 88.9 Å². The number of nitrogens with zero attached hydrogens (tertiary/aromatic N) is 4. The Balaban J connectivity index is 0.878. The van der Waals surface area contributed by atoms with Crippen molar-refractivity contribution in [3.8, 4) is 0 Å². The second-order valence-corrected chi connectivity index (χ2v) is 19.3. The molecule has 6 aromatic carbocycles. The first kappa shape index (κ1) is 44.8. The zero-order valence-corrected chi connectivity index (χ0v) is 38.4. The van der Waals surface area contributed by atoms with Gasteiger partial charge in [-0.25, -0.2) is 0 Å². The molecule has 0 heterocycles. The fourth-order valence-corrected chi connectivity index (χ4v) is 10.9. The van der Waals surface area contributed by atoms with Gasteiger partial charge in [-0.2, -0.15) is 0 Å². The average Bonchev–Trinajstić information content (AvgIpc) is 3.37. The van der Waals surface area contributed by atoms with Gasteiger partial charge in [-0.05, 0) is 208 Å². The SMILES string of the molecule is Nc1ccc(C(c2ccc(N)cc2)C2CCC(C(c3ccc(N=CC4CCC(C=Nc5ccccc5)CC4)cc3)c3ccc(N=CC4CCC(C=Nc5ccccc5)CC4)cc3)CC2)cc1. The van der Waals surface area contributed by atoms with Crippen LogP contribution >= 0.6 is 0 Å². The Bertz CT molecular complexity index is 2340. The Kier molecular flexibility index (Phi) is 15.1. The zero-order valence-electron chi connectivity index (χ0n) is 38.4. The van der Waals surface area contributed by atoms with Gasteiger partial charge in [0.2, 0.25) is 0 Å². The van der Waals surface area contributed by atoms with Gasteiger partial charge in [0, 0.05) is 48.1 Å². The molecule has 4 N–H and O–H groups in total. The Morgan fingerprint density at radius 3 is 0.818 bits per heavy atom. The summed E-state index contributed by atoms with van der Waals surface area (Å²) in [5, 5.41) is 0. The Morgan fingerprint density at radius 2 is 0.545 bits per heavy atom. The van der Waals surface area contributed by atoms with Gasteiger partial charge in [-0.3, -0.25) is 20.0 Å². The lowest BCUT2D eigenvalue weighted by atomic mass is 9.66. The molecule has 0 spiro atoms. The molecule has 0 bridgehead atoms. The van der Waals surface area contributed by atoms with E-state index in [0.717, 1.165) is 111 Å². The van der Waals surface area contributed by atoms with Crippen molar-refractivity contribution in [3.05, 3.63) is 180 Å². The van der Waals surface area contributed by atoms with Crippen LogP contribution in [0.4, 0.5) is 34.1 Å². The minimum atomic E-state index is 0.286. The van der Waals surface area contributed by atoms with Crippen molar-refractivity contribution < 1.29 is 0 Å². The second-order valence-electron chi connectivity index (χ2n) is 19.3. The average molecular weight is 871 g/mol. The molecule has 6 heteroatoms. The van der Waals surface area contributed by atoms with Crippen LogP contribution in [0.15, 0.2) is 178 Å². The van der Waals surface area contributed by atoms with Crippen molar-refractivity contribution >= 4 is 59.0 Å². The van der Waals surface area contributed by atoms with Crippen molar-refractivity contribution in [2.75, 3.05) is 11.5 Å². The Labute approximate surface area is 393 Å². The maximum atomic E-state index is 6.17. The van der Waals surface area contributed by atoms with Crippen LogP contribution in [0.3, 0.4) is 0 Å². The lowest BCUT2D eigenvalue weighted by Crippen LogP contribution is -2.25. The molecule has 0 aliphatic heterocycles. The van der Waals surface area contributed by atoms with E-state index in [1.165, 1.54) is 22.3 Å². The van der Waals surface area contributed by atoms with Gasteiger partial charge >= 0.3 is 0 Å². The zero-order chi connectivity index (χ0) is 44.9. The summed E-state index contributed by atoms with van der Waals surface area (Å²) in [5.41, 5.74) is 23.5. The molecule has 3 fully saturated rings. The predicted molar refractivity (Wildman–Crippen MR) is 280 cm³/mol. The number of rotatable bonds is 14. The number of hydrogen-bond donors (Lipinski definition) is 2. The summed E-state index contributed by atoms with van der Waals surface area (Å²) in [7, 11) is 0. The van der Waals surface area contributed by atoms with Crippen LogP contribution in [0.2, 0.25) is 0 Å². The fraction of sp³-hybridized carbons (Fsp3) is 0.333. The van der Waals surface area contributed by atoms with Crippen LogP contribution in [-0.2, 0) is 0 Å². The lowest BCUT2D eigenvalue weighted by molar-refractivity contribution is 0.240. The highest BCUT2D eigenvalue weighted by Gasteiger charge is 2.34. The van der Waals surface area contributed by atoms with Crippen LogP contribution in [0, 0.1) is 35.5 Å². The van der Waals surface area contributed by atoms with E-state index in [4.69, 9.17) is 31.4 Å². The molecule has 0 aromatic heterocycles. The summed E-state index contributed by atoms with van der Waals surface area (Å²) in [6.45, 7) is 0. The van der Waals surface area contributed by atoms with Crippen molar-refractivity contribution in [3.63, 3.8) is 0 Å². The molecule has 66 heavy (non-hydrogen) atoms. The van der Waals surface area contributed by atoms with E-state index in [2.05, 4.69) is 122 Å². The summed E-state index contributed by atoms with van der Waals surface area (Å²) in [5.74, 6) is 3.73. The third-order valence-corrected chi connectivity index (χ3v) is 14.7. The van der Waals surface area contributed by atoms with Gasteiger partial charge in [0.15, 0.2) is 0 Å². The van der Waals surface area contributed by atoms with E-state index < -0.39 is 0 Å². The highest BCUT2D eigenvalue weighted by molar-refractivity contribution is 5.70. The maximum Gasteiger partial charge on any atom is 0.0626 e. The quantitative estimate of drug-likeness (QED) is 0.0841. The smallest absolute Gasteiger partial charge is 0.0626 e. The number of anilines is 2. The minimum Gasteiger partial charge on any atom is -0.399 e.